The molecule has 0 aromatic rings. The van der Waals surface area contributed by atoms with Gasteiger partial charge in [-0.25, -0.2) is 0 Å². The molecule has 1 N–H and O–H groups in total. The molecule has 0 aromatic heterocycles. The van der Waals surface area contributed by atoms with Crippen molar-refractivity contribution >= 4 is 5.91 Å². The lowest BCUT2D eigenvalue weighted by atomic mass is 9.99. The number of nitrogens with one attached hydrogen (secondary N) is 1. The van der Waals surface area contributed by atoms with Crippen molar-refractivity contribution in [1.29, 1.82) is 0 Å². The fourth-order valence-electron chi connectivity index (χ4n) is 2.83. The van der Waals surface area contributed by atoms with E-state index in [1.54, 1.807) is 0 Å². The maximum absolute atomic E-state index is 12.5. The van der Waals surface area contributed by atoms with Crippen molar-refractivity contribution in [2.24, 2.45) is 0 Å². The smallest absolute Gasteiger partial charge is 0.244 e. The van der Waals surface area contributed by atoms with E-state index in [4.69, 9.17) is 4.74 Å². The van der Waals surface area contributed by atoms with Crippen molar-refractivity contribution in [3.05, 3.63) is 0 Å². The van der Waals surface area contributed by atoms with Gasteiger partial charge in [-0.05, 0) is 26.2 Å². The van der Waals surface area contributed by atoms with Crippen molar-refractivity contribution in [2.45, 2.75) is 64.2 Å². The molecule has 2 aliphatic rings. The molecule has 2 saturated heterocycles. The van der Waals surface area contributed by atoms with E-state index >= 15 is 0 Å². The average Bonchev–Trinajstić information content (AvgIpc) is 2.89. The van der Waals surface area contributed by atoms with E-state index in [0.29, 0.717) is 6.61 Å². The quantitative estimate of drug-likeness (QED) is 0.809. The van der Waals surface area contributed by atoms with Crippen LogP contribution in [0.5, 0.6) is 0 Å². The highest BCUT2D eigenvalue weighted by Crippen LogP contribution is 2.29. The average molecular weight is 240 g/mol. The van der Waals surface area contributed by atoms with Crippen LogP contribution in [0.1, 0.15) is 46.5 Å². The minimum atomic E-state index is -0.373. The third-order valence-corrected chi connectivity index (χ3v) is 4.10. The number of amides is 1. The Morgan fingerprint density at radius 1 is 1.53 bits per heavy atom. The number of hydrogen-bond acceptors (Lipinski definition) is 3. The first-order chi connectivity index (χ1) is 8.12. The molecular formula is C13H24N2O2. The van der Waals surface area contributed by atoms with Gasteiger partial charge in [0.25, 0.3) is 0 Å². The number of nitrogens with zero attached hydrogens (tertiary/aromatic N) is 1. The minimum absolute atomic E-state index is 0.198. The highest BCUT2D eigenvalue weighted by atomic mass is 16.5. The fraction of sp³-hybridized carbons (Fsp3) is 0.923. The van der Waals surface area contributed by atoms with Gasteiger partial charge in [-0.1, -0.05) is 20.3 Å². The van der Waals surface area contributed by atoms with Crippen LogP contribution in [0.4, 0.5) is 0 Å². The van der Waals surface area contributed by atoms with Gasteiger partial charge in [-0.3, -0.25) is 10.1 Å². The highest BCUT2D eigenvalue weighted by Gasteiger charge is 2.49. The number of hydrogen-bond donors (Lipinski definition) is 1. The molecule has 0 aromatic carbocycles. The number of carbonyl (C=O) groups excluding carboxylic acids is 1. The second kappa shape index (κ2) is 4.94. The van der Waals surface area contributed by atoms with Gasteiger partial charge in [0.1, 0.15) is 0 Å². The summed E-state index contributed by atoms with van der Waals surface area (Å²) in [7, 11) is 0. The molecule has 0 spiro atoms. The molecule has 1 amide bonds. The van der Waals surface area contributed by atoms with E-state index in [9.17, 15) is 4.79 Å². The molecule has 2 heterocycles. The summed E-state index contributed by atoms with van der Waals surface area (Å²) in [6.45, 7) is 7.75. The van der Waals surface area contributed by atoms with Crippen LogP contribution in [-0.2, 0) is 9.53 Å². The Balaban J connectivity index is 2.17. The van der Waals surface area contributed by atoms with Gasteiger partial charge in [-0.2, -0.15) is 0 Å². The standard InChI is InChI=1S/C13H24N2O2/c1-4-6-11-14-13(3,5-2)12(16)15(11)10-7-8-17-9-10/h10-11,14H,4-9H2,1-3H3. The Morgan fingerprint density at radius 2 is 2.29 bits per heavy atom. The number of rotatable bonds is 4. The van der Waals surface area contributed by atoms with Gasteiger partial charge >= 0.3 is 0 Å². The lowest BCUT2D eigenvalue weighted by Crippen LogP contribution is -2.45. The van der Waals surface area contributed by atoms with Gasteiger partial charge in [0, 0.05) is 6.61 Å². The van der Waals surface area contributed by atoms with Crippen LogP contribution in [0.25, 0.3) is 0 Å². The zero-order valence-electron chi connectivity index (χ0n) is 11.2. The normalized spacial score (nSPS) is 38.1. The molecule has 0 radical (unpaired) electrons. The first kappa shape index (κ1) is 12.8. The highest BCUT2D eigenvalue weighted by molar-refractivity contribution is 5.88. The Hall–Kier alpha value is -0.610. The van der Waals surface area contributed by atoms with Crippen LogP contribution in [-0.4, -0.2) is 41.8 Å². The number of ether oxygens (including phenoxy) is 1. The van der Waals surface area contributed by atoms with Gasteiger partial charge < -0.3 is 9.64 Å². The fourth-order valence-corrected chi connectivity index (χ4v) is 2.83. The van der Waals surface area contributed by atoms with Gasteiger partial charge in [-0.15, -0.1) is 0 Å². The first-order valence-corrected chi connectivity index (χ1v) is 6.80. The van der Waals surface area contributed by atoms with Crippen LogP contribution < -0.4 is 5.32 Å². The lowest BCUT2D eigenvalue weighted by Gasteiger charge is -2.29. The van der Waals surface area contributed by atoms with Crippen molar-refractivity contribution < 1.29 is 9.53 Å². The predicted molar refractivity (Wildman–Crippen MR) is 66.6 cm³/mol. The Bertz CT molecular complexity index is 289. The molecule has 2 aliphatic heterocycles. The maximum Gasteiger partial charge on any atom is 0.244 e. The Morgan fingerprint density at radius 3 is 2.82 bits per heavy atom. The molecular weight excluding hydrogens is 216 g/mol. The maximum atomic E-state index is 12.5. The second-order valence-electron chi connectivity index (χ2n) is 5.36. The first-order valence-electron chi connectivity index (χ1n) is 6.80. The van der Waals surface area contributed by atoms with E-state index in [-0.39, 0.29) is 23.7 Å². The monoisotopic (exact) mass is 240 g/mol. The van der Waals surface area contributed by atoms with Crippen LogP contribution in [0.3, 0.4) is 0 Å². The molecule has 0 aliphatic carbocycles. The largest absolute Gasteiger partial charge is 0.379 e. The molecule has 2 fully saturated rings. The van der Waals surface area contributed by atoms with Crippen molar-refractivity contribution in [1.82, 2.24) is 10.2 Å². The Labute approximate surface area is 104 Å². The zero-order chi connectivity index (χ0) is 12.5. The molecule has 2 rings (SSSR count). The Kier molecular flexibility index (Phi) is 3.73. The third-order valence-electron chi connectivity index (χ3n) is 4.10. The summed E-state index contributed by atoms with van der Waals surface area (Å²) in [5.74, 6) is 0.258. The summed E-state index contributed by atoms with van der Waals surface area (Å²) in [6.07, 6.45) is 4.14. The van der Waals surface area contributed by atoms with Crippen LogP contribution in [0.2, 0.25) is 0 Å². The molecule has 0 bridgehead atoms. The van der Waals surface area contributed by atoms with Gasteiger partial charge in [0.05, 0.1) is 24.4 Å². The SMILES string of the molecule is CCCC1NC(C)(CC)C(=O)N1C1CCOC1. The summed E-state index contributed by atoms with van der Waals surface area (Å²) in [5.41, 5.74) is -0.373. The summed E-state index contributed by atoms with van der Waals surface area (Å²) in [4.78, 5) is 14.6. The molecule has 98 valence electrons. The molecule has 3 atom stereocenters. The number of carbonyl (C=O) groups is 1. The summed E-state index contributed by atoms with van der Waals surface area (Å²) < 4.78 is 5.42. The summed E-state index contributed by atoms with van der Waals surface area (Å²) in [5, 5.41) is 3.52. The topological polar surface area (TPSA) is 41.6 Å². The summed E-state index contributed by atoms with van der Waals surface area (Å²) >= 11 is 0. The van der Waals surface area contributed by atoms with Crippen LogP contribution in [0.15, 0.2) is 0 Å². The predicted octanol–water partition coefficient (Wildman–Crippen LogP) is 1.50. The second-order valence-corrected chi connectivity index (χ2v) is 5.36. The molecule has 4 nitrogen and oxygen atoms in total. The van der Waals surface area contributed by atoms with Gasteiger partial charge in [0.2, 0.25) is 5.91 Å². The van der Waals surface area contributed by atoms with E-state index < -0.39 is 0 Å². The molecule has 17 heavy (non-hydrogen) atoms. The van der Waals surface area contributed by atoms with Crippen molar-refractivity contribution in [3.8, 4) is 0 Å². The summed E-state index contributed by atoms with van der Waals surface area (Å²) in [6, 6.07) is 0.278. The van der Waals surface area contributed by atoms with Gasteiger partial charge in [0.15, 0.2) is 0 Å². The minimum Gasteiger partial charge on any atom is -0.379 e. The van der Waals surface area contributed by atoms with E-state index in [1.165, 1.54) is 0 Å². The molecule has 0 saturated carbocycles. The third kappa shape index (κ3) is 2.20. The van der Waals surface area contributed by atoms with E-state index in [1.807, 2.05) is 6.92 Å². The molecule has 4 heteroatoms. The van der Waals surface area contributed by atoms with E-state index in [0.717, 1.165) is 32.3 Å². The molecule has 3 unspecified atom stereocenters. The van der Waals surface area contributed by atoms with Crippen LogP contribution in [0, 0.1) is 0 Å². The van der Waals surface area contributed by atoms with Crippen molar-refractivity contribution in [2.75, 3.05) is 13.2 Å². The van der Waals surface area contributed by atoms with Crippen LogP contribution >= 0.6 is 0 Å². The zero-order valence-corrected chi connectivity index (χ0v) is 11.2. The van der Waals surface area contributed by atoms with E-state index in [2.05, 4.69) is 24.1 Å². The lowest BCUT2D eigenvalue weighted by molar-refractivity contribution is -0.135. The van der Waals surface area contributed by atoms with Crippen molar-refractivity contribution in [3.63, 3.8) is 0 Å².